The number of hydrogen-bond donors (Lipinski definition) is 1. The summed E-state index contributed by atoms with van der Waals surface area (Å²) in [6.07, 6.45) is 2.47. The van der Waals surface area contributed by atoms with Crippen molar-refractivity contribution in [2.24, 2.45) is 0 Å². The van der Waals surface area contributed by atoms with Crippen molar-refractivity contribution in [1.82, 2.24) is 19.2 Å². The van der Waals surface area contributed by atoms with Crippen LogP contribution in [0, 0.1) is 12.7 Å². The average molecular weight is 445 g/mol. The maximum Gasteiger partial charge on any atom is 0.251 e. The fourth-order valence-corrected chi connectivity index (χ4v) is 5.56. The van der Waals surface area contributed by atoms with E-state index in [0.717, 1.165) is 48.3 Å². The van der Waals surface area contributed by atoms with Gasteiger partial charge < -0.3 is 9.88 Å². The summed E-state index contributed by atoms with van der Waals surface area (Å²) >= 11 is 0. The Bertz CT molecular complexity index is 1220. The molecule has 1 saturated heterocycles. The summed E-state index contributed by atoms with van der Waals surface area (Å²) in [5, 5.41) is 2.79. The van der Waals surface area contributed by atoms with Gasteiger partial charge in [-0.3, -0.25) is 4.79 Å². The van der Waals surface area contributed by atoms with Crippen molar-refractivity contribution < 1.29 is 17.6 Å². The van der Waals surface area contributed by atoms with Crippen LogP contribution >= 0.6 is 0 Å². The lowest BCUT2D eigenvalue weighted by Crippen LogP contribution is -2.36. The summed E-state index contributed by atoms with van der Waals surface area (Å²) in [6.45, 7) is 3.48. The van der Waals surface area contributed by atoms with Gasteiger partial charge in [0.2, 0.25) is 10.0 Å². The largest absolute Gasteiger partial charge is 0.350 e. The second-order valence-corrected chi connectivity index (χ2v) is 9.57. The van der Waals surface area contributed by atoms with Gasteiger partial charge in [0, 0.05) is 31.7 Å². The number of fused-ring (bicyclic) bond motifs is 1. The van der Waals surface area contributed by atoms with E-state index in [1.807, 2.05) is 35.8 Å². The Morgan fingerprint density at radius 2 is 1.87 bits per heavy atom. The Hall–Kier alpha value is -2.78. The number of nitrogens with zero attached hydrogens (tertiary/aromatic N) is 3. The van der Waals surface area contributed by atoms with Crippen molar-refractivity contribution in [2.75, 3.05) is 19.6 Å². The number of nitrogens with one attached hydrogen (secondary N) is 1. The number of carbonyl (C=O) groups is 1. The van der Waals surface area contributed by atoms with Crippen molar-refractivity contribution >= 4 is 27.0 Å². The van der Waals surface area contributed by atoms with Crippen molar-refractivity contribution in [1.29, 1.82) is 0 Å². The summed E-state index contributed by atoms with van der Waals surface area (Å²) in [7, 11) is -3.97. The first-order valence-corrected chi connectivity index (χ1v) is 11.8. The number of para-hydroxylation sites is 2. The topological polar surface area (TPSA) is 84.3 Å². The zero-order valence-electron chi connectivity index (χ0n) is 17.3. The highest BCUT2D eigenvalue weighted by molar-refractivity contribution is 7.89. The summed E-state index contributed by atoms with van der Waals surface area (Å²) < 4.78 is 43.4. The summed E-state index contributed by atoms with van der Waals surface area (Å²) in [5.41, 5.74) is 1.98. The molecule has 1 aliphatic heterocycles. The Morgan fingerprint density at radius 1 is 1.13 bits per heavy atom. The van der Waals surface area contributed by atoms with E-state index in [0.29, 0.717) is 26.2 Å². The molecule has 3 aromatic rings. The highest BCUT2D eigenvalue weighted by Crippen LogP contribution is 2.24. The van der Waals surface area contributed by atoms with Gasteiger partial charge in [0.1, 0.15) is 16.5 Å². The minimum Gasteiger partial charge on any atom is -0.350 e. The number of benzene rings is 2. The molecule has 31 heavy (non-hydrogen) atoms. The van der Waals surface area contributed by atoms with Gasteiger partial charge in [-0.2, -0.15) is 4.31 Å². The lowest BCUT2D eigenvalue weighted by Gasteiger charge is -2.26. The lowest BCUT2D eigenvalue weighted by atomic mass is 10.2. The number of sulfonamides is 1. The van der Waals surface area contributed by atoms with Crippen LogP contribution in [0.4, 0.5) is 4.39 Å². The van der Waals surface area contributed by atoms with E-state index in [4.69, 9.17) is 0 Å². The van der Waals surface area contributed by atoms with Gasteiger partial charge in [0.05, 0.1) is 11.0 Å². The number of halogens is 1. The molecule has 0 spiro atoms. The van der Waals surface area contributed by atoms with E-state index in [9.17, 15) is 17.6 Å². The third-order valence-corrected chi connectivity index (χ3v) is 7.51. The van der Waals surface area contributed by atoms with Crippen LogP contribution in [-0.4, -0.2) is 47.8 Å². The van der Waals surface area contributed by atoms with Gasteiger partial charge in [-0.25, -0.2) is 17.8 Å². The molecule has 0 aliphatic carbocycles. The molecule has 1 aromatic heterocycles. The first kappa shape index (κ1) is 21.5. The third kappa shape index (κ3) is 4.33. The van der Waals surface area contributed by atoms with Crippen molar-refractivity contribution in [3.63, 3.8) is 0 Å². The zero-order valence-corrected chi connectivity index (χ0v) is 18.2. The molecule has 7 nitrogen and oxygen atoms in total. The average Bonchev–Trinajstić information content (AvgIpc) is 3.09. The van der Waals surface area contributed by atoms with Crippen LogP contribution in [-0.2, 0) is 16.6 Å². The Labute approximate surface area is 180 Å². The smallest absolute Gasteiger partial charge is 0.251 e. The summed E-state index contributed by atoms with van der Waals surface area (Å²) in [5.74, 6) is -0.452. The van der Waals surface area contributed by atoms with Crippen LogP contribution < -0.4 is 5.32 Å². The third-order valence-electron chi connectivity index (χ3n) is 5.59. The molecule has 2 heterocycles. The molecule has 0 radical (unpaired) electrons. The number of amides is 1. The molecular weight excluding hydrogens is 419 g/mol. The number of imidazole rings is 1. The lowest BCUT2D eigenvalue weighted by molar-refractivity contribution is 0.0952. The number of aryl methyl sites for hydroxylation is 1. The Morgan fingerprint density at radius 3 is 2.65 bits per heavy atom. The summed E-state index contributed by atoms with van der Waals surface area (Å²) in [6, 6.07) is 11.2. The number of carbonyl (C=O) groups excluding carboxylic acids is 1. The number of hydrogen-bond acceptors (Lipinski definition) is 4. The van der Waals surface area contributed by atoms with Gasteiger partial charge in [0.15, 0.2) is 0 Å². The molecule has 2 aromatic carbocycles. The highest BCUT2D eigenvalue weighted by atomic mass is 32.2. The molecule has 4 rings (SSSR count). The minimum atomic E-state index is -3.97. The second-order valence-electron chi connectivity index (χ2n) is 7.67. The van der Waals surface area contributed by atoms with Gasteiger partial charge >= 0.3 is 0 Å². The molecular formula is C22H25FN4O3S. The van der Waals surface area contributed by atoms with Crippen molar-refractivity contribution in [3.8, 4) is 0 Å². The zero-order chi connectivity index (χ0) is 22.0. The molecule has 0 bridgehead atoms. The van der Waals surface area contributed by atoms with Gasteiger partial charge in [-0.1, -0.05) is 18.6 Å². The van der Waals surface area contributed by atoms with Gasteiger partial charge in [-0.05, 0) is 50.1 Å². The molecule has 1 N–H and O–H groups in total. The molecule has 164 valence electrons. The summed E-state index contributed by atoms with van der Waals surface area (Å²) in [4.78, 5) is 16.7. The molecule has 1 amide bonds. The van der Waals surface area contributed by atoms with E-state index in [1.165, 1.54) is 10.4 Å². The van der Waals surface area contributed by atoms with Crippen LogP contribution in [0.3, 0.4) is 0 Å². The van der Waals surface area contributed by atoms with Crippen LogP contribution in [0.15, 0.2) is 47.4 Å². The second kappa shape index (κ2) is 8.76. The molecule has 9 heteroatoms. The molecule has 1 fully saturated rings. The molecule has 1 aliphatic rings. The maximum atomic E-state index is 14.4. The first-order chi connectivity index (χ1) is 14.9. The quantitative estimate of drug-likeness (QED) is 0.633. The van der Waals surface area contributed by atoms with E-state index >= 15 is 0 Å². The van der Waals surface area contributed by atoms with E-state index in [1.54, 1.807) is 0 Å². The predicted octanol–water partition coefficient (Wildman–Crippen LogP) is 3.09. The fourth-order valence-electron chi connectivity index (χ4n) is 3.95. The molecule has 0 unspecified atom stereocenters. The minimum absolute atomic E-state index is 0.115. The molecule has 0 saturated carbocycles. The van der Waals surface area contributed by atoms with Crippen LogP contribution in [0.25, 0.3) is 11.0 Å². The SMILES string of the molecule is Cc1nc2ccccc2n1CCNC(=O)c1ccc(F)c(S(=O)(=O)N2CCCCC2)c1. The monoisotopic (exact) mass is 444 g/mol. The van der Waals surface area contributed by atoms with Crippen molar-refractivity contribution in [3.05, 3.63) is 59.7 Å². The Kier molecular flexibility index (Phi) is 6.06. The van der Waals surface area contributed by atoms with Crippen LogP contribution in [0.2, 0.25) is 0 Å². The highest BCUT2D eigenvalue weighted by Gasteiger charge is 2.29. The normalized spacial score (nSPS) is 15.3. The first-order valence-electron chi connectivity index (χ1n) is 10.4. The maximum absolute atomic E-state index is 14.4. The van der Waals surface area contributed by atoms with Crippen LogP contribution in [0.5, 0.6) is 0 Å². The number of rotatable bonds is 6. The standard InChI is InChI=1S/C22H25FN4O3S/c1-16-25-19-7-3-4-8-20(19)27(16)14-11-24-22(28)17-9-10-18(23)21(15-17)31(29,30)26-12-5-2-6-13-26/h3-4,7-10,15H,2,5-6,11-14H2,1H3,(H,24,28). The molecule has 0 atom stereocenters. The van der Waals surface area contributed by atoms with E-state index < -0.39 is 26.6 Å². The number of aromatic nitrogens is 2. The number of piperidine rings is 1. The van der Waals surface area contributed by atoms with Crippen LogP contribution in [0.1, 0.15) is 35.4 Å². The predicted molar refractivity (Wildman–Crippen MR) is 116 cm³/mol. The van der Waals surface area contributed by atoms with Gasteiger partial charge in [-0.15, -0.1) is 0 Å². The Balaban J connectivity index is 1.47. The van der Waals surface area contributed by atoms with E-state index in [-0.39, 0.29) is 5.56 Å². The van der Waals surface area contributed by atoms with Crippen molar-refractivity contribution in [2.45, 2.75) is 37.6 Å². The van der Waals surface area contributed by atoms with E-state index in [2.05, 4.69) is 10.3 Å². The fraction of sp³-hybridized carbons (Fsp3) is 0.364. The van der Waals surface area contributed by atoms with Gasteiger partial charge in [0.25, 0.3) is 5.91 Å².